The number of benzene rings is 3. The van der Waals surface area contributed by atoms with Crippen molar-refractivity contribution >= 4 is 23.3 Å². The number of carboxylic acids is 1. The molecule has 0 amide bonds. The van der Waals surface area contributed by atoms with Gasteiger partial charge in [-0.25, -0.2) is 9.59 Å². The van der Waals surface area contributed by atoms with E-state index in [0.717, 1.165) is 24.3 Å². The first-order chi connectivity index (χ1) is 16.1. The van der Waals surface area contributed by atoms with Crippen molar-refractivity contribution in [3.05, 3.63) is 90.5 Å². The lowest BCUT2D eigenvalue weighted by Crippen LogP contribution is -2.33. The number of carbonyl (C=O) groups excluding carboxylic acids is 1. The highest BCUT2D eigenvalue weighted by molar-refractivity contribution is 6.06. The molecule has 0 radical (unpaired) electrons. The molecule has 13 heteroatoms. The Morgan fingerprint density at radius 1 is 0.912 bits per heavy atom. The van der Waals surface area contributed by atoms with Crippen LogP contribution < -0.4 is 4.74 Å². The van der Waals surface area contributed by atoms with Gasteiger partial charge in [-0.1, -0.05) is 6.07 Å². The molecule has 0 saturated carbocycles. The highest BCUT2D eigenvalue weighted by atomic mass is 16.6. The number of ether oxygens (including phenoxy) is 2. The molecule has 13 nitrogen and oxygen atoms in total. The number of carboxylic acid groups (broad SMARTS) is 1. The van der Waals surface area contributed by atoms with Crippen LogP contribution in [0, 0.1) is 20.2 Å². The summed E-state index contributed by atoms with van der Waals surface area (Å²) in [4.78, 5) is 46.1. The van der Waals surface area contributed by atoms with Gasteiger partial charge in [0.15, 0.2) is 11.4 Å². The number of esters is 1. The highest BCUT2D eigenvalue weighted by Gasteiger charge is 2.58. The van der Waals surface area contributed by atoms with Crippen LogP contribution in [-0.2, 0) is 10.3 Å². The summed E-state index contributed by atoms with van der Waals surface area (Å²) in [5.41, 5.74) is -5.56. The molecule has 170 valence electrons. The zero-order chi connectivity index (χ0) is 24.5. The summed E-state index contributed by atoms with van der Waals surface area (Å²) < 4.78 is 11.3. The first-order valence-corrected chi connectivity index (χ1v) is 9.38. The fourth-order valence-corrected chi connectivity index (χ4v) is 4.36. The van der Waals surface area contributed by atoms with Crippen LogP contribution >= 0.6 is 0 Å². The molecule has 0 fully saturated rings. The predicted octanol–water partition coefficient (Wildman–Crippen LogP) is 3.18. The van der Waals surface area contributed by atoms with E-state index in [1.54, 1.807) is 0 Å². The minimum atomic E-state index is -2.04. The normalized spacial score (nSPS) is 17.2. The lowest BCUT2D eigenvalue weighted by Gasteiger charge is -2.36. The Labute approximate surface area is 187 Å². The molecule has 0 aliphatic carbocycles. The lowest BCUT2D eigenvalue weighted by atomic mass is 9.77. The molecule has 1 unspecified atom stereocenters. The van der Waals surface area contributed by atoms with Crippen molar-refractivity contribution in [3.8, 4) is 23.0 Å². The van der Waals surface area contributed by atoms with E-state index in [0.29, 0.717) is 0 Å². The number of aromatic carboxylic acids is 1. The Bertz CT molecular complexity index is 1500. The molecule has 2 heterocycles. The molecule has 2 aliphatic heterocycles. The SMILES string of the molecule is O=C(O)c1ccc2c(c1[N+](=O)[O-])C(=O)OC21c2ccc(O)cc2Oc2c1ccc(O)c2[N+](=O)[O-]. The number of aromatic hydroxyl groups is 2. The van der Waals surface area contributed by atoms with Gasteiger partial charge in [-0.15, -0.1) is 0 Å². The third kappa shape index (κ3) is 2.48. The summed E-state index contributed by atoms with van der Waals surface area (Å²) in [6.45, 7) is 0. The van der Waals surface area contributed by atoms with E-state index < -0.39 is 61.4 Å². The number of rotatable bonds is 3. The van der Waals surface area contributed by atoms with Gasteiger partial charge < -0.3 is 24.8 Å². The largest absolute Gasteiger partial charge is 0.508 e. The maximum absolute atomic E-state index is 13.0. The second-order valence-corrected chi connectivity index (χ2v) is 7.37. The molecule has 2 aliphatic rings. The minimum absolute atomic E-state index is 0.0576. The van der Waals surface area contributed by atoms with Gasteiger partial charge in [-0.3, -0.25) is 20.2 Å². The van der Waals surface area contributed by atoms with Gasteiger partial charge in [0, 0.05) is 17.2 Å². The third-order valence-corrected chi connectivity index (χ3v) is 5.65. The Morgan fingerprint density at radius 3 is 2.21 bits per heavy atom. The Kier molecular flexibility index (Phi) is 4.05. The van der Waals surface area contributed by atoms with Gasteiger partial charge in [-0.05, 0) is 30.3 Å². The van der Waals surface area contributed by atoms with Crippen LogP contribution in [0.5, 0.6) is 23.0 Å². The van der Waals surface area contributed by atoms with Crippen molar-refractivity contribution in [2.45, 2.75) is 5.60 Å². The minimum Gasteiger partial charge on any atom is -0.508 e. The molecule has 0 bridgehead atoms. The van der Waals surface area contributed by atoms with Crippen molar-refractivity contribution in [2.24, 2.45) is 0 Å². The van der Waals surface area contributed by atoms with E-state index in [9.17, 15) is 45.1 Å². The van der Waals surface area contributed by atoms with E-state index in [4.69, 9.17) is 9.47 Å². The standard InChI is InChI=1S/C21H10N2O11/c24-8-1-3-10-14(7-8)33-18-12(5-6-13(25)17(18)23(31)32)21(10)11-4-2-9(19(26)27)16(22(29)30)15(11)20(28)34-21/h1-7,24-25H,(H,26,27). The number of nitrogens with zero attached hydrogens (tertiary/aromatic N) is 2. The summed E-state index contributed by atoms with van der Waals surface area (Å²) in [7, 11) is 0. The summed E-state index contributed by atoms with van der Waals surface area (Å²) >= 11 is 0. The summed E-state index contributed by atoms with van der Waals surface area (Å²) in [5, 5.41) is 52.9. The van der Waals surface area contributed by atoms with E-state index >= 15 is 0 Å². The average Bonchev–Trinajstić information content (AvgIpc) is 3.05. The van der Waals surface area contributed by atoms with Crippen molar-refractivity contribution in [3.63, 3.8) is 0 Å². The number of nitro benzene ring substituents is 2. The van der Waals surface area contributed by atoms with Gasteiger partial charge in [0.1, 0.15) is 22.6 Å². The van der Waals surface area contributed by atoms with Crippen molar-refractivity contribution in [1.82, 2.24) is 0 Å². The monoisotopic (exact) mass is 466 g/mol. The van der Waals surface area contributed by atoms with Crippen LogP contribution in [0.2, 0.25) is 0 Å². The molecule has 5 rings (SSSR count). The summed E-state index contributed by atoms with van der Waals surface area (Å²) in [6.07, 6.45) is 0. The average molecular weight is 466 g/mol. The van der Waals surface area contributed by atoms with Gasteiger partial charge in [0.25, 0.3) is 5.69 Å². The first kappa shape index (κ1) is 20.7. The number of carbonyl (C=O) groups is 2. The second-order valence-electron chi connectivity index (χ2n) is 7.37. The fraction of sp³-hybridized carbons (Fsp3) is 0.0476. The third-order valence-electron chi connectivity index (χ3n) is 5.65. The molecule has 1 atom stereocenters. The molecule has 3 aromatic carbocycles. The van der Waals surface area contributed by atoms with Crippen molar-refractivity contribution in [2.75, 3.05) is 0 Å². The maximum atomic E-state index is 13.0. The van der Waals surface area contributed by atoms with Gasteiger partial charge in [0.05, 0.1) is 15.4 Å². The first-order valence-electron chi connectivity index (χ1n) is 9.38. The number of fused-ring (bicyclic) bond motifs is 6. The number of phenols is 2. The van der Waals surface area contributed by atoms with E-state index in [-0.39, 0.29) is 28.2 Å². The van der Waals surface area contributed by atoms with E-state index in [2.05, 4.69) is 0 Å². The fourth-order valence-electron chi connectivity index (χ4n) is 4.36. The maximum Gasteiger partial charge on any atom is 0.353 e. The molecular formula is C21H10N2O11. The van der Waals surface area contributed by atoms with Gasteiger partial charge >= 0.3 is 17.6 Å². The molecular weight excluding hydrogens is 456 g/mol. The Morgan fingerprint density at radius 2 is 1.56 bits per heavy atom. The zero-order valence-electron chi connectivity index (χ0n) is 16.5. The second kappa shape index (κ2) is 6.65. The van der Waals surface area contributed by atoms with Crippen molar-refractivity contribution < 1.29 is 44.2 Å². The van der Waals surface area contributed by atoms with Crippen LogP contribution in [0.3, 0.4) is 0 Å². The molecule has 1 spiro atoms. The van der Waals surface area contributed by atoms with Gasteiger partial charge in [0.2, 0.25) is 5.75 Å². The van der Waals surface area contributed by atoms with Crippen LogP contribution in [0.1, 0.15) is 37.4 Å². The molecule has 34 heavy (non-hydrogen) atoms. The summed E-state index contributed by atoms with van der Waals surface area (Å²) in [6, 6.07) is 7.82. The molecule has 3 N–H and O–H groups in total. The van der Waals surface area contributed by atoms with E-state index in [1.807, 2.05) is 0 Å². The zero-order valence-corrected chi connectivity index (χ0v) is 16.5. The smallest absolute Gasteiger partial charge is 0.353 e. The Hall–Kier alpha value is -5.20. The number of hydrogen-bond acceptors (Lipinski definition) is 10. The van der Waals surface area contributed by atoms with Crippen LogP contribution in [0.15, 0.2) is 42.5 Å². The van der Waals surface area contributed by atoms with Crippen molar-refractivity contribution in [1.29, 1.82) is 0 Å². The quantitative estimate of drug-likeness (QED) is 0.291. The highest BCUT2D eigenvalue weighted by Crippen LogP contribution is 2.60. The molecule has 0 saturated heterocycles. The Balaban J connectivity index is 1.96. The lowest BCUT2D eigenvalue weighted by molar-refractivity contribution is -0.386. The number of phenolic OH excluding ortho intramolecular Hbond substituents is 2. The van der Waals surface area contributed by atoms with Crippen LogP contribution in [-0.4, -0.2) is 37.1 Å². The number of nitro groups is 2. The van der Waals surface area contributed by atoms with Gasteiger partial charge in [-0.2, -0.15) is 0 Å². The van der Waals surface area contributed by atoms with Crippen LogP contribution in [0.25, 0.3) is 0 Å². The topological polar surface area (TPSA) is 200 Å². The predicted molar refractivity (Wildman–Crippen MR) is 108 cm³/mol. The van der Waals surface area contributed by atoms with Crippen LogP contribution in [0.4, 0.5) is 11.4 Å². The molecule has 0 aromatic heterocycles. The summed E-state index contributed by atoms with van der Waals surface area (Å²) in [5.74, 6) is -4.68. The number of hydrogen-bond donors (Lipinski definition) is 3. The van der Waals surface area contributed by atoms with E-state index in [1.165, 1.54) is 18.2 Å². The molecule has 3 aromatic rings.